The number of carbonyl (C=O) groups is 2. The number of allylic oxidation sites excluding steroid dienone is 2. The summed E-state index contributed by atoms with van der Waals surface area (Å²) in [7, 11) is 0. The molecule has 320 valence electrons. The van der Waals surface area contributed by atoms with Crippen LogP contribution >= 0.6 is 0 Å². The third-order valence-electron chi connectivity index (χ3n) is 12.3. The molecule has 0 saturated heterocycles. The molecule has 60 heavy (non-hydrogen) atoms. The van der Waals surface area contributed by atoms with Crippen LogP contribution in [0.1, 0.15) is 115 Å². The number of carbonyl (C=O) groups excluding carboxylic acids is 2. The normalized spacial score (nSPS) is 22.9. The van der Waals surface area contributed by atoms with Crippen LogP contribution in [-0.2, 0) is 19.1 Å². The van der Waals surface area contributed by atoms with Gasteiger partial charge in [0.15, 0.2) is 5.78 Å². The summed E-state index contributed by atoms with van der Waals surface area (Å²) in [6.07, 6.45) is -5.53. The van der Waals surface area contributed by atoms with Crippen LogP contribution in [0.2, 0.25) is 0 Å². The van der Waals surface area contributed by atoms with Gasteiger partial charge in [-0.2, -0.15) is 13.2 Å². The Hall–Kier alpha value is -5.14. The van der Waals surface area contributed by atoms with Gasteiger partial charge in [-0.05, 0) is 117 Å². The summed E-state index contributed by atoms with van der Waals surface area (Å²) >= 11 is 0. The Balaban J connectivity index is 1.41. The number of benzene rings is 4. The number of ether oxygens (including phenoxy) is 1. The SMILES string of the molecule is CC1=CCC[C@@]2(C)[C@@H](CC[C@@]2(O)CN(Cc2ccc(OC(F)(F)F)cc2)C(=O)N[C@H](C)c2ccccc2)c2ccc(cc2C(=O)c2cccc(C(F)(F)F)c2)C[C@@H](O)CC1. The number of nitrogens with zero attached hydrogens (tertiary/aromatic N) is 1. The fourth-order valence-corrected chi connectivity index (χ4v) is 8.82. The number of amides is 2. The number of aliphatic hydroxyl groups excluding tert-OH is 1. The highest BCUT2D eigenvalue weighted by atomic mass is 19.4. The summed E-state index contributed by atoms with van der Waals surface area (Å²) in [6, 6.07) is 22.9. The van der Waals surface area contributed by atoms with E-state index in [9.17, 15) is 46.1 Å². The largest absolute Gasteiger partial charge is 0.573 e. The van der Waals surface area contributed by atoms with Gasteiger partial charge in [-0.1, -0.05) is 85.3 Å². The highest BCUT2D eigenvalue weighted by Gasteiger charge is 2.57. The fraction of sp³-hybridized carbons (Fsp3) is 0.404. The molecule has 2 bridgehead atoms. The number of hydrogen-bond acceptors (Lipinski definition) is 5. The Morgan fingerprint density at radius 3 is 2.32 bits per heavy atom. The maximum absolute atomic E-state index is 14.4. The van der Waals surface area contributed by atoms with E-state index in [1.54, 1.807) is 12.1 Å². The smallest absolute Gasteiger partial charge is 0.406 e. The van der Waals surface area contributed by atoms with Crippen LogP contribution in [0.25, 0.3) is 0 Å². The second-order valence-electron chi connectivity index (χ2n) is 16.5. The van der Waals surface area contributed by atoms with E-state index < -0.39 is 64.7 Å². The zero-order valence-corrected chi connectivity index (χ0v) is 33.7. The van der Waals surface area contributed by atoms with Gasteiger partial charge in [0.05, 0.1) is 29.9 Å². The van der Waals surface area contributed by atoms with Crippen LogP contribution in [0.3, 0.4) is 0 Å². The Labute approximate surface area is 346 Å². The molecule has 4 aromatic rings. The minimum absolute atomic E-state index is 0.0853. The standard InChI is InChI=1S/C47H50F6N2O5/c1-30-9-8-23-44(3)41(39-21-17-33(25-37(56)18-14-30)26-40(39)42(57)35-12-7-13-36(27-35)46(48,49)50)22-24-45(44,59)29-55(43(58)54-31(2)34-10-5-4-6-11-34)28-32-15-19-38(20-16-32)60-47(51,52)53/h4-7,9-13,15-17,19-21,26-27,31,37,41,56,59H,8,14,18,22-25,28-29H2,1-3H3,(H,54,58)/t31-,37+,41+,44+,45-/m1/s1. The fourth-order valence-electron chi connectivity index (χ4n) is 8.82. The summed E-state index contributed by atoms with van der Waals surface area (Å²) in [5.41, 5.74) is -0.0151. The zero-order chi connectivity index (χ0) is 43.5. The van der Waals surface area contributed by atoms with Crippen molar-refractivity contribution in [3.05, 3.63) is 148 Å². The van der Waals surface area contributed by atoms with Crippen molar-refractivity contribution in [2.24, 2.45) is 5.41 Å². The second-order valence-corrected chi connectivity index (χ2v) is 16.5. The average Bonchev–Trinajstić information content (AvgIpc) is 3.45. The third kappa shape index (κ3) is 10.4. The Kier molecular flexibility index (Phi) is 13.2. The molecule has 5 atom stereocenters. The lowest BCUT2D eigenvalue weighted by Gasteiger charge is -2.46. The number of halogens is 6. The topological polar surface area (TPSA) is 99.1 Å². The lowest BCUT2D eigenvalue weighted by atomic mass is 9.64. The molecular weight excluding hydrogens is 787 g/mol. The number of aliphatic hydroxyl groups is 2. The second kappa shape index (κ2) is 17.8. The van der Waals surface area contributed by atoms with Gasteiger partial charge in [-0.25, -0.2) is 4.79 Å². The Morgan fingerprint density at radius 2 is 1.63 bits per heavy atom. The van der Waals surface area contributed by atoms with E-state index in [-0.39, 0.29) is 37.1 Å². The summed E-state index contributed by atoms with van der Waals surface area (Å²) in [5.74, 6) is -1.56. The molecule has 0 aliphatic heterocycles. The van der Waals surface area contributed by atoms with E-state index >= 15 is 0 Å². The Bertz CT molecular complexity index is 2170. The molecule has 4 aromatic carbocycles. The molecule has 2 amide bonds. The summed E-state index contributed by atoms with van der Waals surface area (Å²) in [4.78, 5) is 30.1. The molecule has 7 nitrogen and oxygen atoms in total. The molecule has 1 fully saturated rings. The number of rotatable bonds is 9. The van der Waals surface area contributed by atoms with E-state index in [2.05, 4.69) is 16.1 Å². The van der Waals surface area contributed by atoms with Crippen LogP contribution in [0.5, 0.6) is 5.75 Å². The van der Waals surface area contributed by atoms with E-state index in [1.165, 1.54) is 29.2 Å². The predicted molar refractivity (Wildman–Crippen MR) is 215 cm³/mol. The first-order valence-corrected chi connectivity index (χ1v) is 20.1. The van der Waals surface area contributed by atoms with Crippen molar-refractivity contribution in [1.29, 1.82) is 0 Å². The van der Waals surface area contributed by atoms with Crippen LogP contribution in [-0.4, -0.2) is 51.5 Å². The lowest BCUT2D eigenvalue weighted by molar-refractivity contribution is -0.274. The molecule has 0 aromatic heterocycles. The van der Waals surface area contributed by atoms with Gasteiger partial charge in [-0.15, -0.1) is 13.2 Å². The van der Waals surface area contributed by atoms with Crippen molar-refractivity contribution < 1.29 is 50.9 Å². The number of nitrogens with one attached hydrogen (secondary N) is 1. The highest BCUT2D eigenvalue weighted by molar-refractivity contribution is 6.10. The van der Waals surface area contributed by atoms with Gasteiger partial charge in [-0.3, -0.25) is 4.79 Å². The lowest BCUT2D eigenvalue weighted by Crippen LogP contribution is -2.55. The first kappa shape index (κ1) is 44.4. The van der Waals surface area contributed by atoms with Crippen molar-refractivity contribution >= 4 is 11.8 Å². The molecule has 3 aliphatic carbocycles. The number of ketones is 1. The van der Waals surface area contributed by atoms with Gasteiger partial charge < -0.3 is 25.2 Å². The van der Waals surface area contributed by atoms with Crippen molar-refractivity contribution in [3.63, 3.8) is 0 Å². The average molecular weight is 837 g/mol. The van der Waals surface area contributed by atoms with Gasteiger partial charge in [0.2, 0.25) is 0 Å². The molecule has 0 spiro atoms. The Morgan fingerprint density at radius 1 is 0.917 bits per heavy atom. The molecule has 7 rings (SSSR count). The highest BCUT2D eigenvalue weighted by Crippen LogP contribution is 2.59. The molecular formula is C47H50F6N2O5. The molecule has 0 radical (unpaired) electrons. The van der Waals surface area contributed by atoms with Crippen LogP contribution in [0.15, 0.2) is 109 Å². The van der Waals surface area contributed by atoms with Crippen molar-refractivity contribution in [2.45, 2.75) is 108 Å². The van der Waals surface area contributed by atoms with E-state index in [4.69, 9.17) is 0 Å². The van der Waals surface area contributed by atoms with Gasteiger partial charge >= 0.3 is 18.6 Å². The van der Waals surface area contributed by atoms with Crippen molar-refractivity contribution in [2.75, 3.05) is 6.54 Å². The minimum atomic E-state index is -4.89. The first-order valence-electron chi connectivity index (χ1n) is 20.1. The molecule has 0 heterocycles. The van der Waals surface area contributed by atoms with Gasteiger partial charge in [0.1, 0.15) is 5.75 Å². The molecule has 13 heteroatoms. The van der Waals surface area contributed by atoms with Crippen molar-refractivity contribution in [1.82, 2.24) is 10.2 Å². The van der Waals surface area contributed by atoms with Crippen LogP contribution < -0.4 is 10.1 Å². The maximum atomic E-state index is 14.4. The molecule has 3 aliphatic rings. The summed E-state index contributed by atoms with van der Waals surface area (Å²) in [6.45, 7) is 5.43. The van der Waals surface area contributed by atoms with Gasteiger partial charge in [0, 0.05) is 23.1 Å². The molecule has 1 saturated carbocycles. The summed E-state index contributed by atoms with van der Waals surface area (Å²) < 4.78 is 84.4. The number of hydrogen-bond donors (Lipinski definition) is 3. The van der Waals surface area contributed by atoms with Crippen molar-refractivity contribution in [3.8, 4) is 5.75 Å². The number of urea groups is 1. The summed E-state index contributed by atoms with van der Waals surface area (Å²) in [5, 5.41) is 27.0. The minimum Gasteiger partial charge on any atom is -0.406 e. The molecule has 3 N–H and O–H groups in total. The third-order valence-corrected chi connectivity index (χ3v) is 12.3. The quantitative estimate of drug-likeness (QED) is 0.0886. The monoisotopic (exact) mass is 836 g/mol. The van der Waals surface area contributed by atoms with E-state index in [1.807, 2.05) is 57.2 Å². The number of alkyl halides is 6. The molecule has 0 unspecified atom stereocenters. The number of fused-ring (bicyclic) bond motifs is 8. The van der Waals surface area contributed by atoms with E-state index in [0.29, 0.717) is 48.8 Å². The van der Waals surface area contributed by atoms with E-state index in [0.717, 1.165) is 35.4 Å². The maximum Gasteiger partial charge on any atom is 0.573 e. The predicted octanol–water partition coefficient (Wildman–Crippen LogP) is 10.8. The zero-order valence-electron chi connectivity index (χ0n) is 33.7. The van der Waals surface area contributed by atoms with Crippen LogP contribution in [0.4, 0.5) is 31.1 Å². The van der Waals surface area contributed by atoms with Gasteiger partial charge in [0.25, 0.3) is 0 Å². The van der Waals surface area contributed by atoms with Crippen LogP contribution in [0, 0.1) is 5.41 Å². The first-order chi connectivity index (χ1) is 28.2.